The van der Waals surface area contributed by atoms with Crippen LogP contribution < -0.4 is 10.6 Å². The lowest BCUT2D eigenvalue weighted by Gasteiger charge is -2.36. The van der Waals surface area contributed by atoms with E-state index in [-0.39, 0.29) is 5.91 Å². The van der Waals surface area contributed by atoms with E-state index in [1.54, 1.807) is 0 Å². The number of amides is 1. The molecule has 2 rings (SSSR count). The summed E-state index contributed by atoms with van der Waals surface area (Å²) in [6, 6.07) is 0. The third-order valence-corrected chi connectivity index (χ3v) is 4.03. The molecule has 3 N–H and O–H groups in total. The van der Waals surface area contributed by atoms with Crippen molar-refractivity contribution in [3.8, 4) is 0 Å². The number of carboxylic acids is 1. The van der Waals surface area contributed by atoms with Crippen molar-refractivity contribution in [3.63, 3.8) is 0 Å². The molecule has 0 bridgehead atoms. The zero-order valence-corrected chi connectivity index (χ0v) is 10.6. The fourth-order valence-corrected chi connectivity index (χ4v) is 2.49. The third-order valence-electron chi connectivity index (χ3n) is 4.03. The first-order valence-electron chi connectivity index (χ1n) is 6.33. The van der Waals surface area contributed by atoms with Gasteiger partial charge < -0.3 is 20.5 Å². The average molecular weight is 256 g/mol. The number of carbonyl (C=O) groups excluding carboxylic acids is 1. The van der Waals surface area contributed by atoms with E-state index in [1.165, 1.54) is 0 Å². The molecule has 0 saturated carbocycles. The molecule has 2 aliphatic heterocycles. The molecule has 1 atom stereocenters. The van der Waals surface area contributed by atoms with Crippen molar-refractivity contribution >= 4 is 11.9 Å². The van der Waals surface area contributed by atoms with Gasteiger partial charge in [0.15, 0.2) is 0 Å². The van der Waals surface area contributed by atoms with Gasteiger partial charge in [0.1, 0.15) is 5.54 Å². The van der Waals surface area contributed by atoms with Crippen LogP contribution in [0.1, 0.15) is 26.2 Å². The predicted molar refractivity (Wildman–Crippen MR) is 64.2 cm³/mol. The summed E-state index contributed by atoms with van der Waals surface area (Å²) in [5, 5.41) is 15.3. The van der Waals surface area contributed by atoms with Gasteiger partial charge in [0.25, 0.3) is 0 Å². The maximum absolute atomic E-state index is 12.3. The van der Waals surface area contributed by atoms with Crippen LogP contribution >= 0.6 is 0 Å². The molecule has 6 heteroatoms. The molecule has 0 aromatic heterocycles. The van der Waals surface area contributed by atoms with Crippen molar-refractivity contribution in [3.05, 3.63) is 0 Å². The Morgan fingerprint density at radius 1 is 1.28 bits per heavy atom. The van der Waals surface area contributed by atoms with Crippen molar-refractivity contribution in [2.45, 2.75) is 31.7 Å². The van der Waals surface area contributed by atoms with Crippen LogP contribution in [0.3, 0.4) is 0 Å². The quantitative estimate of drug-likeness (QED) is 0.647. The van der Waals surface area contributed by atoms with Crippen molar-refractivity contribution in [1.29, 1.82) is 0 Å². The van der Waals surface area contributed by atoms with E-state index in [4.69, 9.17) is 4.74 Å². The zero-order valence-electron chi connectivity index (χ0n) is 10.6. The Balaban J connectivity index is 2.09. The second kappa shape index (κ2) is 4.85. The first-order valence-corrected chi connectivity index (χ1v) is 6.33. The van der Waals surface area contributed by atoms with Crippen LogP contribution in [-0.4, -0.2) is 48.8 Å². The maximum Gasteiger partial charge on any atom is 0.329 e. The molecule has 6 nitrogen and oxygen atoms in total. The molecule has 0 radical (unpaired) electrons. The number of ether oxygens (including phenoxy) is 1. The molecule has 2 heterocycles. The molecule has 1 unspecified atom stereocenters. The largest absolute Gasteiger partial charge is 0.480 e. The monoisotopic (exact) mass is 256 g/mol. The normalized spacial score (nSPS) is 30.9. The molecule has 18 heavy (non-hydrogen) atoms. The summed E-state index contributed by atoms with van der Waals surface area (Å²) in [4.78, 5) is 23.7. The van der Waals surface area contributed by atoms with E-state index in [0.717, 1.165) is 13.0 Å². The topological polar surface area (TPSA) is 87.7 Å². The molecular weight excluding hydrogens is 236 g/mol. The molecule has 0 spiro atoms. The Hall–Kier alpha value is -1.14. The van der Waals surface area contributed by atoms with Crippen molar-refractivity contribution in [2.24, 2.45) is 5.41 Å². The predicted octanol–water partition coefficient (Wildman–Crippen LogP) is -0.264. The second-order valence-electron chi connectivity index (χ2n) is 5.44. The minimum Gasteiger partial charge on any atom is -0.480 e. The summed E-state index contributed by atoms with van der Waals surface area (Å²) in [5.41, 5.74) is -1.65. The highest BCUT2D eigenvalue weighted by atomic mass is 16.5. The third kappa shape index (κ3) is 2.35. The van der Waals surface area contributed by atoms with Crippen LogP contribution in [0.2, 0.25) is 0 Å². The second-order valence-corrected chi connectivity index (χ2v) is 5.44. The molecule has 2 aliphatic rings. The van der Waals surface area contributed by atoms with Crippen LogP contribution in [0.15, 0.2) is 0 Å². The number of carbonyl (C=O) groups is 2. The number of rotatable bonds is 3. The summed E-state index contributed by atoms with van der Waals surface area (Å²) >= 11 is 0. The molecule has 0 aliphatic carbocycles. The summed E-state index contributed by atoms with van der Waals surface area (Å²) in [6.45, 7) is 4.03. The lowest BCUT2D eigenvalue weighted by atomic mass is 9.84. The Kier molecular flexibility index (Phi) is 3.59. The zero-order chi connectivity index (χ0) is 13.2. The standard InChI is InChI=1S/C12H20N2O4/c1-11(2-5-13-8-11)9(15)14-12(10(16)17)3-6-18-7-4-12/h13H,2-8H2,1H3,(H,14,15)(H,16,17). The fourth-order valence-electron chi connectivity index (χ4n) is 2.49. The Morgan fingerprint density at radius 3 is 2.44 bits per heavy atom. The van der Waals surface area contributed by atoms with E-state index >= 15 is 0 Å². The van der Waals surface area contributed by atoms with Gasteiger partial charge in [0, 0.05) is 32.6 Å². The van der Waals surface area contributed by atoms with Crippen LogP contribution in [0, 0.1) is 5.41 Å². The smallest absolute Gasteiger partial charge is 0.329 e. The number of nitrogens with one attached hydrogen (secondary N) is 2. The minimum absolute atomic E-state index is 0.170. The Morgan fingerprint density at radius 2 is 1.94 bits per heavy atom. The van der Waals surface area contributed by atoms with Gasteiger partial charge in [-0.05, 0) is 19.9 Å². The minimum atomic E-state index is -1.15. The van der Waals surface area contributed by atoms with Crippen LogP contribution in [0.5, 0.6) is 0 Å². The number of carboxylic acid groups (broad SMARTS) is 1. The molecule has 1 amide bonds. The highest BCUT2D eigenvalue weighted by Gasteiger charge is 2.46. The summed E-state index contributed by atoms with van der Waals surface area (Å²) < 4.78 is 5.18. The highest BCUT2D eigenvalue weighted by molar-refractivity contribution is 5.90. The molecule has 0 aromatic carbocycles. The van der Waals surface area contributed by atoms with Crippen molar-refractivity contribution in [1.82, 2.24) is 10.6 Å². The van der Waals surface area contributed by atoms with E-state index in [9.17, 15) is 14.7 Å². The van der Waals surface area contributed by atoms with Gasteiger partial charge in [0.2, 0.25) is 5.91 Å². The number of aliphatic carboxylic acids is 1. The van der Waals surface area contributed by atoms with Gasteiger partial charge in [-0.2, -0.15) is 0 Å². The van der Waals surface area contributed by atoms with Gasteiger partial charge >= 0.3 is 5.97 Å². The van der Waals surface area contributed by atoms with Crippen molar-refractivity contribution in [2.75, 3.05) is 26.3 Å². The summed E-state index contributed by atoms with van der Waals surface area (Å²) in [7, 11) is 0. The molecule has 102 valence electrons. The first kappa shape index (κ1) is 13.3. The SMILES string of the molecule is CC1(C(=O)NC2(C(=O)O)CCOCC2)CCNC1. The summed E-state index contributed by atoms with van der Waals surface area (Å²) in [5.74, 6) is -1.13. The van der Waals surface area contributed by atoms with Gasteiger partial charge in [-0.3, -0.25) is 4.79 Å². The average Bonchev–Trinajstić information content (AvgIpc) is 2.78. The van der Waals surface area contributed by atoms with Crippen LogP contribution in [-0.2, 0) is 14.3 Å². The maximum atomic E-state index is 12.3. The summed E-state index contributed by atoms with van der Waals surface area (Å²) in [6.07, 6.45) is 1.40. The molecule has 2 saturated heterocycles. The molecule has 2 fully saturated rings. The fraction of sp³-hybridized carbons (Fsp3) is 0.833. The van der Waals surface area contributed by atoms with Crippen LogP contribution in [0.25, 0.3) is 0 Å². The van der Waals surface area contributed by atoms with Crippen molar-refractivity contribution < 1.29 is 19.4 Å². The van der Waals surface area contributed by atoms with Crippen LogP contribution in [0.4, 0.5) is 0 Å². The number of hydrogen-bond acceptors (Lipinski definition) is 4. The molecule has 0 aromatic rings. The highest BCUT2D eigenvalue weighted by Crippen LogP contribution is 2.28. The van der Waals surface area contributed by atoms with E-state index in [2.05, 4.69) is 10.6 Å². The Bertz CT molecular complexity index is 344. The lowest BCUT2D eigenvalue weighted by molar-refractivity contribution is -0.153. The molecular formula is C12H20N2O4. The van der Waals surface area contributed by atoms with Gasteiger partial charge in [-0.1, -0.05) is 0 Å². The first-order chi connectivity index (χ1) is 8.49. The lowest BCUT2D eigenvalue weighted by Crippen LogP contribution is -2.60. The van der Waals surface area contributed by atoms with Gasteiger partial charge in [-0.25, -0.2) is 4.79 Å². The Labute approximate surface area is 106 Å². The van der Waals surface area contributed by atoms with E-state index in [1.807, 2.05) is 6.92 Å². The van der Waals surface area contributed by atoms with E-state index < -0.39 is 16.9 Å². The number of hydrogen-bond donors (Lipinski definition) is 3. The van der Waals surface area contributed by atoms with E-state index in [0.29, 0.717) is 32.6 Å². The van der Waals surface area contributed by atoms with Gasteiger partial charge in [0.05, 0.1) is 5.41 Å². The van der Waals surface area contributed by atoms with Gasteiger partial charge in [-0.15, -0.1) is 0 Å².